The molecular weight excluding hydrogens is 306 g/mol. The van der Waals surface area contributed by atoms with E-state index in [-0.39, 0.29) is 0 Å². The van der Waals surface area contributed by atoms with Gasteiger partial charge in [0.05, 0.1) is 0 Å². The molecular formula is C17H25N5S. The molecule has 1 fully saturated rings. The van der Waals surface area contributed by atoms with Gasteiger partial charge in [-0.2, -0.15) is 0 Å². The minimum Gasteiger partial charge on any atom is -0.374 e. The Labute approximate surface area is 141 Å². The van der Waals surface area contributed by atoms with Gasteiger partial charge >= 0.3 is 0 Å². The van der Waals surface area contributed by atoms with Crippen LogP contribution in [0.1, 0.15) is 29.0 Å². The van der Waals surface area contributed by atoms with E-state index < -0.39 is 0 Å². The van der Waals surface area contributed by atoms with Gasteiger partial charge in [-0.1, -0.05) is 23.5 Å². The van der Waals surface area contributed by atoms with Crippen LogP contribution < -0.4 is 16.0 Å². The van der Waals surface area contributed by atoms with Crippen molar-refractivity contribution in [2.45, 2.75) is 39.2 Å². The summed E-state index contributed by atoms with van der Waals surface area (Å²) in [5.74, 6) is 0. The average Bonchev–Trinajstić information content (AvgIpc) is 2.96. The van der Waals surface area contributed by atoms with Crippen LogP contribution in [0.15, 0.2) is 18.2 Å². The van der Waals surface area contributed by atoms with Crippen molar-refractivity contribution in [1.29, 1.82) is 0 Å². The van der Waals surface area contributed by atoms with Crippen molar-refractivity contribution < 1.29 is 0 Å². The van der Waals surface area contributed by atoms with Gasteiger partial charge in [0, 0.05) is 37.8 Å². The molecule has 0 unspecified atom stereocenters. The Bertz CT molecular complexity index is 646. The number of nitrogens with zero attached hydrogens (tertiary/aromatic N) is 3. The van der Waals surface area contributed by atoms with Crippen LogP contribution >= 0.6 is 11.3 Å². The molecule has 5 nitrogen and oxygen atoms in total. The summed E-state index contributed by atoms with van der Waals surface area (Å²) in [4.78, 5) is 2.52. The Morgan fingerprint density at radius 3 is 2.74 bits per heavy atom. The summed E-state index contributed by atoms with van der Waals surface area (Å²) in [7, 11) is 0. The van der Waals surface area contributed by atoms with Crippen LogP contribution in [-0.4, -0.2) is 35.9 Å². The molecule has 1 aliphatic heterocycles. The molecule has 1 aliphatic rings. The Kier molecular flexibility index (Phi) is 5.13. The Balaban J connectivity index is 1.46. The van der Waals surface area contributed by atoms with Crippen molar-refractivity contribution in [3.8, 4) is 0 Å². The summed E-state index contributed by atoms with van der Waals surface area (Å²) in [6.45, 7) is 7.60. The van der Waals surface area contributed by atoms with Crippen LogP contribution in [0.3, 0.4) is 0 Å². The molecule has 0 saturated carbocycles. The Morgan fingerprint density at radius 1 is 1.26 bits per heavy atom. The molecule has 2 aromatic rings. The van der Waals surface area contributed by atoms with Crippen LogP contribution in [-0.2, 0) is 6.42 Å². The number of nitrogens with one attached hydrogen (secondary N) is 1. The van der Waals surface area contributed by atoms with Gasteiger partial charge in [0.25, 0.3) is 0 Å². The van der Waals surface area contributed by atoms with E-state index in [0.717, 1.165) is 31.1 Å². The van der Waals surface area contributed by atoms with Gasteiger partial charge in [-0.25, -0.2) is 0 Å². The van der Waals surface area contributed by atoms with E-state index in [9.17, 15) is 0 Å². The zero-order valence-electron chi connectivity index (χ0n) is 13.9. The number of nitrogen functional groups attached to an aromatic ring is 1. The average molecular weight is 331 g/mol. The van der Waals surface area contributed by atoms with Crippen molar-refractivity contribution in [3.63, 3.8) is 0 Å². The van der Waals surface area contributed by atoms with Gasteiger partial charge in [-0.3, -0.25) is 0 Å². The zero-order valence-corrected chi connectivity index (χ0v) is 14.7. The molecule has 0 bridgehead atoms. The standard InChI is InChI=1S/C17H25N5S/c1-12-4-3-5-15(13(12)2)22-10-7-14(8-11-22)19-9-6-16-20-21-17(18)23-16/h3-5,14,19H,6-11H2,1-2H3,(H2,18,21). The smallest absolute Gasteiger partial charge is 0.203 e. The largest absolute Gasteiger partial charge is 0.374 e. The summed E-state index contributed by atoms with van der Waals surface area (Å²) in [6, 6.07) is 7.20. The van der Waals surface area contributed by atoms with E-state index >= 15 is 0 Å². The van der Waals surface area contributed by atoms with Crippen LogP contribution in [0, 0.1) is 13.8 Å². The van der Waals surface area contributed by atoms with Gasteiger partial charge in [0.2, 0.25) is 5.13 Å². The predicted octanol–water partition coefficient (Wildman–Crippen LogP) is 2.54. The molecule has 0 radical (unpaired) electrons. The van der Waals surface area contributed by atoms with Gasteiger partial charge in [-0.05, 0) is 43.9 Å². The molecule has 124 valence electrons. The fourth-order valence-electron chi connectivity index (χ4n) is 3.15. The molecule has 3 N–H and O–H groups in total. The lowest BCUT2D eigenvalue weighted by atomic mass is 10.0. The molecule has 6 heteroatoms. The molecule has 1 aromatic heterocycles. The highest BCUT2D eigenvalue weighted by molar-refractivity contribution is 7.15. The van der Waals surface area contributed by atoms with E-state index in [1.807, 2.05) is 0 Å². The first kappa shape index (κ1) is 16.2. The molecule has 0 atom stereocenters. The Hall–Kier alpha value is -1.66. The van der Waals surface area contributed by atoms with E-state index in [1.54, 1.807) is 0 Å². The summed E-state index contributed by atoms with van der Waals surface area (Å²) < 4.78 is 0. The minimum atomic E-state index is 0.557. The van der Waals surface area contributed by atoms with E-state index in [4.69, 9.17) is 5.73 Å². The van der Waals surface area contributed by atoms with Crippen LogP contribution in [0.4, 0.5) is 10.8 Å². The number of hydrogen-bond acceptors (Lipinski definition) is 6. The van der Waals surface area contributed by atoms with Gasteiger partial charge in [0.1, 0.15) is 5.01 Å². The number of piperidine rings is 1. The molecule has 2 heterocycles. The summed E-state index contributed by atoms with van der Waals surface area (Å²) in [5.41, 5.74) is 9.79. The van der Waals surface area contributed by atoms with Crippen molar-refractivity contribution in [3.05, 3.63) is 34.3 Å². The first-order valence-electron chi connectivity index (χ1n) is 8.26. The third kappa shape index (κ3) is 4.00. The number of aryl methyl sites for hydroxylation is 1. The molecule has 0 spiro atoms. The highest BCUT2D eigenvalue weighted by Gasteiger charge is 2.20. The second-order valence-corrected chi connectivity index (χ2v) is 7.31. The monoisotopic (exact) mass is 331 g/mol. The third-order valence-electron chi connectivity index (χ3n) is 4.67. The van der Waals surface area contributed by atoms with Gasteiger partial charge < -0.3 is 16.0 Å². The van der Waals surface area contributed by atoms with Crippen molar-refractivity contribution in [2.75, 3.05) is 30.3 Å². The quantitative estimate of drug-likeness (QED) is 0.881. The lowest BCUT2D eigenvalue weighted by Crippen LogP contribution is -2.43. The van der Waals surface area contributed by atoms with Crippen LogP contribution in [0.2, 0.25) is 0 Å². The lowest BCUT2D eigenvalue weighted by Gasteiger charge is -2.35. The fourth-order valence-corrected chi connectivity index (χ4v) is 3.76. The van der Waals surface area contributed by atoms with Crippen molar-refractivity contribution in [1.82, 2.24) is 15.5 Å². The van der Waals surface area contributed by atoms with Gasteiger partial charge in [-0.15, -0.1) is 10.2 Å². The van der Waals surface area contributed by atoms with E-state index in [0.29, 0.717) is 11.2 Å². The first-order chi connectivity index (χ1) is 11.1. The first-order valence-corrected chi connectivity index (χ1v) is 9.07. The highest BCUT2D eigenvalue weighted by Crippen LogP contribution is 2.25. The van der Waals surface area contributed by atoms with Crippen LogP contribution in [0.5, 0.6) is 0 Å². The fraction of sp³-hybridized carbons (Fsp3) is 0.529. The topological polar surface area (TPSA) is 67.1 Å². The molecule has 1 aromatic carbocycles. The maximum Gasteiger partial charge on any atom is 0.203 e. The number of nitrogens with two attached hydrogens (primary N) is 1. The number of hydrogen-bond donors (Lipinski definition) is 2. The molecule has 0 amide bonds. The normalized spacial score (nSPS) is 16.0. The molecule has 1 saturated heterocycles. The SMILES string of the molecule is Cc1cccc(N2CCC(NCCc3nnc(N)s3)CC2)c1C. The third-order valence-corrected chi connectivity index (χ3v) is 5.48. The number of rotatable bonds is 5. The molecule has 3 rings (SSSR count). The molecule has 0 aliphatic carbocycles. The summed E-state index contributed by atoms with van der Waals surface area (Å²) in [5, 5.41) is 13.1. The molecule has 23 heavy (non-hydrogen) atoms. The Morgan fingerprint density at radius 2 is 2.04 bits per heavy atom. The zero-order chi connectivity index (χ0) is 16.2. The summed E-state index contributed by atoms with van der Waals surface area (Å²) in [6.07, 6.45) is 3.28. The second-order valence-electron chi connectivity index (χ2n) is 6.22. The maximum atomic E-state index is 5.61. The van der Waals surface area contributed by atoms with Gasteiger partial charge in [0.15, 0.2) is 0 Å². The minimum absolute atomic E-state index is 0.557. The number of benzene rings is 1. The summed E-state index contributed by atoms with van der Waals surface area (Å²) >= 11 is 1.48. The lowest BCUT2D eigenvalue weighted by molar-refractivity contribution is 0.417. The predicted molar refractivity (Wildman–Crippen MR) is 97.2 cm³/mol. The van der Waals surface area contributed by atoms with E-state index in [2.05, 4.69) is 52.5 Å². The van der Waals surface area contributed by atoms with Crippen molar-refractivity contribution in [2.24, 2.45) is 0 Å². The van der Waals surface area contributed by atoms with Crippen molar-refractivity contribution >= 4 is 22.2 Å². The van der Waals surface area contributed by atoms with Crippen LogP contribution in [0.25, 0.3) is 0 Å². The number of anilines is 2. The van der Waals surface area contributed by atoms with E-state index in [1.165, 1.54) is 41.0 Å². The highest BCUT2D eigenvalue weighted by atomic mass is 32.1. The number of aromatic nitrogens is 2. The second kappa shape index (κ2) is 7.27. The maximum absolute atomic E-state index is 5.61.